The first-order valence-corrected chi connectivity index (χ1v) is 5.38. The summed E-state index contributed by atoms with van der Waals surface area (Å²) in [6.07, 6.45) is 0.589. The molecule has 0 aliphatic heterocycles. The van der Waals surface area contributed by atoms with Crippen LogP contribution in [0.4, 0.5) is 0 Å². The van der Waals surface area contributed by atoms with Crippen LogP contribution in [0, 0.1) is 0 Å². The Morgan fingerprint density at radius 2 is 1.59 bits per heavy atom. The number of rotatable bonds is 9. The molecule has 0 aromatic carbocycles. The Labute approximate surface area is 99.9 Å². The Hall–Kier alpha value is -1.18. The number of hydrogen-bond donors (Lipinski definition) is 2. The van der Waals surface area contributed by atoms with Gasteiger partial charge in [-0.2, -0.15) is 0 Å². The highest BCUT2D eigenvalue weighted by atomic mass is 16.7. The third-order valence-electron chi connectivity index (χ3n) is 1.92. The van der Waals surface area contributed by atoms with Gasteiger partial charge in [-0.1, -0.05) is 0 Å². The Bertz CT molecular complexity index is 227. The van der Waals surface area contributed by atoms with E-state index < -0.39 is 5.97 Å². The van der Waals surface area contributed by atoms with E-state index in [1.165, 1.54) is 12.2 Å². The van der Waals surface area contributed by atoms with E-state index in [-0.39, 0.29) is 45.1 Å². The molecule has 0 aliphatic rings. The number of carbonyl (C=O) groups is 2. The maximum Gasteiger partial charge on any atom is 0.325 e. The monoisotopic (exact) mass is 249 g/mol. The Morgan fingerprint density at radius 1 is 1.06 bits per heavy atom. The van der Waals surface area contributed by atoms with E-state index in [2.05, 4.69) is 4.74 Å². The molecule has 0 saturated carbocycles. The minimum atomic E-state index is -0.504. The molecule has 0 radical (unpaired) electrons. The summed E-state index contributed by atoms with van der Waals surface area (Å²) in [7, 11) is 1.28. The van der Waals surface area contributed by atoms with Crippen LogP contribution in [0.3, 0.4) is 0 Å². The Morgan fingerprint density at radius 3 is 2.06 bits per heavy atom. The number of hydrogen-bond acceptors (Lipinski definition) is 7. The van der Waals surface area contributed by atoms with Gasteiger partial charge in [0.05, 0.1) is 33.4 Å². The smallest absolute Gasteiger partial charge is 0.325 e. The van der Waals surface area contributed by atoms with Crippen molar-refractivity contribution in [3.05, 3.63) is 0 Å². The second kappa shape index (κ2) is 10.0. The van der Waals surface area contributed by atoms with Crippen molar-refractivity contribution in [3.63, 3.8) is 0 Å². The van der Waals surface area contributed by atoms with Gasteiger partial charge in [0.15, 0.2) is 0 Å². The molecule has 0 unspecified atom stereocenters. The topological polar surface area (TPSA) is 96.3 Å². The summed E-state index contributed by atoms with van der Waals surface area (Å²) in [5.41, 5.74) is 0. The second-order valence-corrected chi connectivity index (χ2v) is 3.27. The van der Waals surface area contributed by atoms with E-state index in [9.17, 15) is 9.59 Å². The molecule has 0 heterocycles. The van der Waals surface area contributed by atoms with Crippen LogP contribution in [0.25, 0.3) is 0 Å². The zero-order chi connectivity index (χ0) is 13.1. The minimum Gasteiger partial charge on any atom is -0.469 e. The van der Waals surface area contributed by atoms with Crippen molar-refractivity contribution in [2.75, 3.05) is 33.4 Å². The van der Waals surface area contributed by atoms with Crippen molar-refractivity contribution < 1.29 is 29.4 Å². The van der Waals surface area contributed by atoms with Gasteiger partial charge in [0.1, 0.15) is 0 Å². The van der Waals surface area contributed by atoms with Gasteiger partial charge in [0, 0.05) is 12.8 Å². The number of aliphatic hydroxyl groups is 2. The normalized spacial score (nSPS) is 10.4. The standard InChI is InChI=1S/C10H19NO6/c1-16-9(14)3-2-4-10(15)17-11(5-7-12)6-8-13/h12-13H,2-8H2,1H3. The maximum absolute atomic E-state index is 11.3. The minimum absolute atomic E-state index is 0.0858. The zero-order valence-corrected chi connectivity index (χ0v) is 9.92. The molecule has 0 aromatic rings. The van der Waals surface area contributed by atoms with Crippen molar-refractivity contribution in [2.24, 2.45) is 0 Å². The number of nitrogens with zero attached hydrogens (tertiary/aromatic N) is 1. The lowest BCUT2D eigenvalue weighted by Gasteiger charge is -2.18. The molecular formula is C10H19NO6. The highest BCUT2D eigenvalue weighted by molar-refractivity contribution is 5.72. The molecule has 17 heavy (non-hydrogen) atoms. The van der Waals surface area contributed by atoms with E-state index in [1.54, 1.807) is 0 Å². The summed E-state index contributed by atoms with van der Waals surface area (Å²) in [5.74, 6) is -0.879. The molecule has 7 nitrogen and oxygen atoms in total. The fourth-order valence-electron chi connectivity index (χ4n) is 1.09. The van der Waals surface area contributed by atoms with Crippen molar-refractivity contribution in [1.29, 1.82) is 0 Å². The summed E-state index contributed by atoms with van der Waals surface area (Å²) in [5, 5.41) is 18.5. The third-order valence-corrected chi connectivity index (χ3v) is 1.92. The molecule has 100 valence electrons. The van der Waals surface area contributed by atoms with Crippen molar-refractivity contribution in [2.45, 2.75) is 19.3 Å². The first-order valence-electron chi connectivity index (χ1n) is 5.38. The average molecular weight is 249 g/mol. The van der Waals surface area contributed by atoms with Gasteiger partial charge in [-0.3, -0.25) is 9.59 Å². The lowest BCUT2D eigenvalue weighted by Crippen LogP contribution is -2.32. The molecule has 0 spiro atoms. The van der Waals surface area contributed by atoms with E-state index in [4.69, 9.17) is 15.1 Å². The molecule has 0 rings (SSSR count). The van der Waals surface area contributed by atoms with Gasteiger partial charge in [-0.15, -0.1) is 5.06 Å². The molecule has 0 amide bonds. The summed E-state index contributed by atoms with van der Waals surface area (Å²) in [6.45, 7) is -0.0581. The molecule has 2 N–H and O–H groups in total. The van der Waals surface area contributed by atoms with Gasteiger partial charge < -0.3 is 19.8 Å². The third kappa shape index (κ3) is 8.61. The maximum atomic E-state index is 11.3. The van der Waals surface area contributed by atoms with Gasteiger partial charge in [0.25, 0.3) is 0 Å². The molecule has 0 saturated heterocycles. The molecule has 0 fully saturated rings. The van der Waals surface area contributed by atoms with Crippen LogP contribution in [0.1, 0.15) is 19.3 Å². The van der Waals surface area contributed by atoms with Crippen molar-refractivity contribution in [3.8, 4) is 0 Å². The first kappa shape index (κ1) is 15.8. The second-order valence-electron chi connectivity index (χ2n) is 3.27. The lowest BCUT2D eigenvalue weighted by atomic mass is 10.2. The Kier molecular flexibility index (Phi) is 9.31. The quantitative estimate of drug-likeness (QED) is 0.402. The highest BCUT2D eigenvalue weighted by Gasteiger charge is 2.11. The van der Waals surface area contributed by atoms with Crippen LogP contribution < -0.4 is 0 Å². The number of aliphatic hydroxyl groups excluding tert-OH is 2. The molecular weight excluding hydrogens is 230 g/mol. The fourth-order valence-corrected chi connectivity index (χ4v) is 1.09. The van der Waals surface area contributed by atoms with E-state index in [1.807, 2.05) is 0 Å². The highest BCUT2D eigenvalue weighted by Crippen LogP contribution is 2.01. The van der Waals surface area contributed by atoms with E-state index in [0.29, 0.717) is 6.42 Å². The predicted molar refractivity (Wildman–Crippen MR) is 57.7 cm³/mol. The lowest BCUT2D eigenvalue weighted by molar-refractivity contribution is -0.194. The largest absolute Gasteiger partial charge is 0.469 e. The van der Waals surface area contributed by atoms with Crippen LogP contribution in [0.15, 0.2) is 0 Å². The molecule has 7 heteroatoms. The molecule has 0 aromatic heterocycles. The number of ether oxygens (including phenoxy) is 1. The number of methoxy groups -OCH3 is 1. The SMILES string of the molecule is COC(=O)CCCC(=O)ON(CCO)CCO. The number of carbonyl (C=O) groups excluding carboxylic acids is 2. The van der Waals surface area contributed by atoms with Crippen molar-refractivity contribution >= 4 is 11.9 Å². The predicted octanol–water partition coefficient (Wildman–Crippen LogP) is -0.925. The molecule has 0 atom stereocenters. The van der Waals surface area contributed by atoms with Gasteiger partial charge in [0.2, 0.25) is 0 Å². The Balaban J connectivity index is 3.77. The number of hydroxylamine groups is 2. The summed E-state index contributed by atoms with van der Waals surface area (Å²) >= 11 is 0. The van der Waals surface area contributed by atoms with Crippen LogP contribution in [0.2, 0.25) is 0 Å². The van der Waals surface area contributed by atoms with Crippen molar-refractivity contribution in [1.82, 2.24) is 5.06 Å². The summed E-state index contributed by atoms with van der Waals surface area (Å²) in [6, 6.07) is 0. The first-order chi connectivity index (χ1) is 8.13. The number of esters is 1. The fraction of sp³-hybridized carbons (Fsp3) is 0.800. The van der Waals surface area contributed by atoms with Crippen LogP contribution in [0.5, 0.6) is 0 Å². The van der Waals surface area contributed by atoms with Crippen LogP contribution >= 0.6 is 0 Å². The van der Waals surface area contributed by atoms with E-state index >= 15 is 0 Å². The molecule has 0 bridgehead atoms. The van der Waals surface area contributed by atoms with Crippen LogP contribution in [-0.4, -0.2) is 60.6 Å². The van der Waals surface area contributed by atoms with Gasteiger partial charge in [-0.25, -0.2) is 0 Å². The van der Waals surface area contributed by atoms with E-state index in [0.717, 1.165) is 0 Å². The van der Waals surface area contributed by atoms with Gasteiger partial charge >= 0.3 is 11.9 Å². The average Bonchev–Trinajstić information content (AvgIpc) is 2.29. The van der Waals surface area contributed by atoms with Gasteiger partial charge in [-0.05, 0) is 6.42 Å². The van der Waals surface area contributed by atoms with Crippen LogP contribution in [-0.2, 0) is 19.2 Å². The zero-order valence-electron chi connectivity index (χ0n) is 9.92. The summed E-state index contributed by atoms with van der Waals surface area (Å²) in [4.78, 5) is 26.9. The summed E-state index contributed by atoms with van der Waals surface area (Å²) < 4.78 is 4.42. The molecule has 0 aliphatic carbocycles.